The molecule has 2 N–H and O–H groups in total. The molecule has 5 heteroatoms. The number of hydrogen-bond acceptors (Lipinski definition) is 4. The van der Waals surface area contributed by atoms with Gasteiger partial charge in [-0.05, 0) is 12.5 Å². The average molecular weight is 261 g/mol. The molecule has 0 fully saturated rings. The minimum atomic E-state index is -0.0722. The maximum Gasteiger partial charge on any atom is 0.240 e. The quantitative estimate of drug-likeness (QED) is 0.867. The van der Waals surface area contributed by atoms with Crippen molar-refractivity contribution >= 4 is 22.4 Å². The number of carbonyl (C=O) groups is 1. The van der Waals surface area contributed by atoms with E-state index >= 15 is 0 Å². The van der Waals surface area contributed by atoms with E-state index in [0.29, 0.717) is 11.7 Å². The molecule has 1 amide bonds. The standard InChI is InChI=1S/C13H15N3OS/c1-10-2-4-11(5-3-10)8-14-9-12(17)16-13-15-6-7-18-13/h2-7,14H,8-9H2,1H3,(H,15,16,17). The number of aromatic nitrogens is 1. The fraction of sp³-hybridized carbons (Fsp3) is 0.231. The number of aryl methyl sites for hydroxylation is 1. The van der Waals surface area contributed by atoms with Gasteiger partial charge in [0.05, 0.1) is 6.54 Å². The average Bonchev–Trinajstić information content (AvgIpc) is 2.84. The molecule has 0 atom stereocenters. The number of rotatable bonds is 5. The van der Waals surface area contributed by atoms with E-state index in [1.54, 1.807) is 6.20 Å². The molecule has 0 spiro atoms. The fourth-order valence-electron chi connectivity index (χ4n) is 1.47. The van der Waals surface area contributed by atoms with Crippen LogP contribution in [0.25, 0.3) is 0 Å². The van der Waals surface area contributed by atoms with Crippen molar-refractivity contribution in [1.29, 1.82) is 0 Å². The highest BCUT2D eigenvalue weighted by Gasteiger charge is 2.03. The van der Waals surface area contributed by atoms with E-state index in [0.717, 1.165) is 0 Å². The number of hydrogen-bond donors (Lipinski definition) is 2. The van der Waals surface area contributed by atoms with Crippen molar-refractivity contribution in [3.8, 4) is 0 Å². The van der Waals surface area contributed by atoms with E-state index in [2.05, 4.69) is 46.8 Å². The monoisotopic (exact) mass is 261 g/mol. The number of benzene rings is 1. The first-order chi connectivity index (χ1) is 8.74. The zero-order valence-corrected chi connectivity index (χ0v) is 11.0. The summed E-state index contributed by atoms with van der Waals surface area (Å²) < 4.78 is 0. The predicted octanol–water partition coefficient (Wildman–Crippen LogP) is 2.18. The molecule has 4 nitrogen and oxygen atoms in total. The van der Waals surface area contributed by atoms with Crippen molar-refractivity contribution in [1.82, 2.24) is 10.3 Å². The zero-order valence-electron chi connectivity index (χ0n) is 10.1. The predicted molar refractivity (Wildman–Crippen MR) is 73.6 cm³/mol. The van der Waals surface area contributed by atoms with Crippen LogP contribution in [0.3, 0.4) is 0 Å². The van der Waals surface area contributed by atoms with Crippen LogP contribution in [0.4, 0.5) is 5.13 Å². The Hall–Kier alpha value is -1.72. The van der Waals surface area contributed by atoms with Crippen LogP contribution < -0.4 is 10.6 Å². The highest BCUT2D eigenvalue weighted by molar-refractivity contribution is 7.13. The minimum absolute atomic E-state index is 0.0722. The molecule has 2 aromatic rings. The Morgan fingerprint density at radius 2 is 2.11 bits per heavy atom. The lowest BCUT2D eigenvalue weighted by molar-refractivity contribution is -0.115. The van der Waals surface area contributed by atoms with Gasteiger partial charge in [0.15, 0.2) is 5.13 Å². The van der Waals surface area contributed by atoms with E-state index in [-0.39, 0.29) is 12.5 Å². The van der Waals surface area contributed by atoms with Gasteiger partial charge in [-0.3, -0.25) is 4.79 Å². The Bertz CT molecular complexity index is 493. The molecule has 2 rings (SSSR count). The first-order valence-electron chi connectivity index (χ1n) is 5.69. The Morgan fingerprint density at radius 3 is 2.78 bits per heavy atom. The molecule has 18 heavy (non-hydrogen) atoms. The number of anilines is 1. The zero-order chi connectivity index (χ0) is 12.8. The van der Waals surface area contributed by atoms with Crippen LogP contribution in [0.2, 0.25) is 0 Å². The largest absolute Gasteiger partial charge is 0.304 e. The van der Waals surface area contributed by atoms with E-state index in [1.807, 2.05) is 5.38 Å². The van der Waals surface area contributed by atoms with Crippen LogP contribution in [-0.2, 0) is 11.3 Å². The van der Waals surface area contributed by atoms with Gasteiger partial charge >= 0.3 is 0 Å². The van der Waals surface area contributed by atoms with E-state index in [1.165, 1.54) is 22.5 Å². The van der Waals surface area contributed by atoms with Crippen LogP contribution in [0.1, 0.15) is 11.1 Å². The van der Waals surface area contributed by atoms with Gasteiger partial charge in [0.2, 0.25) is 5.91 Å². The Morgan fingerprint density at radius 1 is 1.33 bits per heavy atom. The fourth-order valence-corrected chi connectivity index (χ4v) is 2.02. The minimum Gasteiger partial charge on any atom is -0.304 e. The van der Waals surface area contributed by atoms with Gasteiger partial charge in [-0.2, -0.15) is 0 Å². The molecule has 1 aromatic carbocycles. The summed E-state index contributed by atoms with van der Waals surface area (Å²) in [5, 5.41) is 8.29. The second-order valence-electron chi connectivity index (χ2n) is 3.97. The summed E-state index contributed by atoms with van der Waals surface area (Å²) in [7, 11) is 0. The number of amides is 1. The summed E-state index contributed by atoms with van der Waals surface area (Å²) in [6.45, 7) is 3.03. The maximum atomic E-state index is 11.5. The van der Waals surface area contributed by atoms with E-state index in [9.17, 15) is 4.79 Å². The highest BCUT2D eigenvalue weighted by atomic mass is 32.1. The summed E-state index contributed by atoms with van der Waals surface area (Å²) in [5.41, 5.74) is 2.41. The maximum absolute atomic E-state index is 11.5. The molecule has 0 aliphatic heterocycles. The summed E-state index contributed by atoms with van der Waals surface area (Å²) >= 11 is 1.41. The van der Waals surface area contributed by atoms with E-state index < -0.39 is 0 Å². The molecule has 0 bridgehead atoms. The van der Waals surface area contributed by atoms with Gasteiger partial charge in [0.25, 0.3) is 0 Å². The van der Waals surface area contributed by atoms with E-state index in [4.69, 9.17) is 0 Å². The van der Waals surface area contributed by atoms with Gasteiger partial charge in [-0.25, -0.2) is 4.98 Å². The molecule has 94 valence electrons. The van der Waals surface area contributed by atoms with Crippen LogP contribution in [0.15, 0.2) is 35.8 Å². The third kappa shape index (κ3) is 3.94. The van der Waals surface area contributed by atoms with Crippen LogP contribution in [-0.4, -0.2) is 17.4 Å². The normalized spacial score (nSPS) is 10.3. The second kappa shape index (κ2) is 6.28. The van der Waals surface area contributed by atoms with Gasteiger partial charge < -0.3 is 10.6 Å². The summed E-state index contributed by atoms with van der Waals surface area (Å²) in [6, 6.07) is 8.24. The number of nitrogens with zero attached hydrogens (tertiary/aromatic N) is 1. The molecule has 0 saturated heterocycles. The Labute approximate surface area is 110 Å². The lowest BCUT2D eigenvalue weighted by Gasteiger charge is -2.05. The smallest absolute Gasteiger partial charge is 0.240 e. The molecule has 1 aromatic heterocycles. The van der Waals surface area contributed by atoms with Crippen molar-refractivity contribution in [3.63, 3.8) is 0 Å². The topological polar surface area (TPSA) is 54.0 Å². The summed E-state index contributed by atoms with van der Waals surface area (Å²) in [5.74, 6) is -0.0722. The third-order valence-corrected chi connectivity index (χ3v) is 3.10. The van der Waals surface area contributed by atoms with Crippen molar-refractivity contribution < 1.29 is 4.79 Å². The third-order valence-electron chi connectivity index (χ3n) is 2.41. The second-order valence-corrected chi connectivity index (χ2v) is 4.87. The molecule has 1 heterocycles. The van der Waals surface area contributed by atoms with Crippen molar-refractivity contribution in [2.45, 2.75) is 13.5 Å². The molecular formula is C13H15N3OS. The lowest BCUT2D eigenvalue weighted by atomic mass is 10.1. The number of carbonyl (C=O) groups excluding carboxylic acids is 1. The molecule has 0 aliphatic carbocycles. The highest BCUT2D eigenvalue weighted by Crippen LogP contribution is 2.09. The molecule has 0 aliphatic rings. The van der Waals surface area contributed by atoms with Gasteiger partial charge in [-0.15, -0.1) is 11.3 Å². The van der Waals surface area contributed by atoms with Crippen molar-refractivity contribution in [2.24, 2.45) is 0 Å². The molecule has 0 saturated carbocycles. The molecular weight excluding hydrogens is 246 g/mol. The van der Waals surface area contributed by atoms with Gasteiger partial charge in [0.1, 0.15) is 0 Å². The lowest BCUT2D eigenvalue weighted by Crippen LogP contribution is -2.27. The first kappa shape index (κ1) is 12.7. The number of thiazole rings is 1. The molecule has 0 radical (unpaired) electrons. The Balaban J connectivity index is 1.72. The first-order valence-corrected chi connectivity index (χ1v) is 6.57. The van der Waals surface area contributed by atoms with Crippen molar-refractivity contribution in [2.75, 3.05) is 11.9 Å². The Kier molecular flexibility index (Phi) is 4.44. The number of nitrogens with one attached hydrogen (secondary N) is 2. The molecule has 0 unspecified atom stereocenters. The van der Waals surface area contributed by atoms with Crippen molar-refractivity contribution in [3.05, 3.63) is 47.0 Å². The SMILES string of the molecule is Cc1ccc(CNCC(=O)Nc2nccs2)cc1. The summed E-state index contributed by atoms with van der Waals surface area (Å²) in [6.07, 6.45) is 1.67. The van der Waals surface area contributed by atoms with Crippen LogP contribution in [0.5, 0.6) is 0 Å². The van der Waals surface area contributed by atoms with Crippen LogP contribution in [0, 0.1) is 6.92 Å². The summed E-state index contributed by atoms with van der Waals surface area (Å²) in [4.78, 5) is 15.5. The van der Waals surface area contributed by atoms with Gasteiger partial charge in [0, 0.05) is 18.1 Å². The van der Waals surface area contributed by atoms with Crippen LogP contribution >= 0.6 is 11.3 Å². The van der Waals surface area contributed by atoms with Gasteiger partial charge in [-0.1, -0.05) is 29.8 Å².